The fraction of sp³-hybridized carbons (Fsp3) is 0.600. The Labute approximate surface area is 278 Å². The molecule has 236 valence electrons. The van der Waals surface area contributed by atoms with Gasteiger partial charge in [0, 0.05) is 68.9 Å². The van der Waals surface area contributed by atoms with Crippen molar-refractivity contribution in [2.45, 2.75) is 101 Å². The van der Waals surface area contributed by atoms with Crippen molar-refractivity contribution < 1.29 is 62.7 Å². The van der Waals surface area contributed by atoms with Crippen LogP contribution < -0.4 is 34.0 Å². The van der Waals surface area contributed by atoms with Crippen LogP contribution in [-0.2, 0) is 22.7 Å². The topological polar surface area (TPSA) is 74.6 Å². The summed E-state index contributed by atoms with van der Waals surface area (Å²) in [5.74, 6) is -1.53. The monoisotopic (exact) mass is 718 g/mol. The third-order valence-corrected chi connectivity index (χ3v) is 12.6. The minimum atomic E-state index is -0.962. The fourth-order valence-electron chi connectivity index (χ4n) is 10.3. The van der Waals surface area contributed by atoms with Crippen molar-refractivity contribution in [3.63, 3.8) is 0 Å². The van der Waals surface area contributed by atoms with E-state index in [2.05, 4.69) is 74.8 Å². The maximum Gasteiger partial charge on any atom is 0.310 e. The second-order valence-corrected chi connectivity index (χ2v) is 14.3. The lowest BCUT2D eigenvalue weighted by Crippen LogP contribution is -3.00. The van der Waals surface area contributed by atoms with Crippen molar-refractivity contribution in [2.24, 2.45) is 17.3 Å². The molecule has 4 atom stereocenters. The lowest BCUT2D eigenvalue weighted by Gasteiger charge is -2.55. The van der Waals surface area contributed by atoms with E-state index in [4.69, 9.17) is 0 Å². The Bertz CT molecular complexity index is 1150. The second-order valence-electron chi connectivity index (χ2n) is 14.3. The number of nitrogens with zero attached hydrogens (tertiary/aromatic N) is 2. The normalized spacial score (nSPS) is 35.7. The molecule has 2 N–H and O–H groups in total. The standard InChI is InChI=1S/C35H46N2O4.2BrH/c1-36(23-25-9-5-3-6-10-25)29-13-14-30(36)20-27(19-29)35(34(40)41,18-17-33(38)39)28-21-31-15-16-32(22-28)37(31,2)24-26-11-7-4-8-12-26;;/h3-12,27-32H,13-24H2,1-2H3;2*1H. The van der Waals surface area contributed by atoms with Crippen molar-refractivity contribution in [3.8, 4) is 0 Å². The van der Waals surface area contributed by atoms with Gasteiger partial charge in [-0.1, -0.05) is 60.7 Å². The van der Waals surface area contributed by atoms with Crippen molar-refractivity contribution in [3.05, 3.63) is 71.8 Å². The van der Waals surface area contributed by atoms with E-state index >= 15 is 0 Å². The summed E-state index contributed by atoms with van der Waals surface area (Å²) in [4.78, 5) is 25.5. The molecule has 4 aliphatic rings. The minimum absolute atomic E-state index is 0. The van der Waals surface area contributed by atoms with Gasteiger partial charge in [-0.15, -0.1) is 0 Å². The highest BCUT2D eigenvalue weighted by Crippen LogP contribution is 2.59. The fourth-order valence-corrected chi connectivity index (χ4v) is 10.3. The van der Waals surface area contributed by atoms with Gasteiger partial charge >= 0.3 is 11.9 Å². The van der Waals surface area contributed by atoms with Crippen LogP contribution >= 0.6 is 0 Å². The molecular weight excluding hydrogens is 672 g/mol. The Hall–Kier alpha value is -1.74. The number of carbonyl (C=O) groups is 2. The van der Waals surface area contributed by atoms with Gasteiger partial charge in [-0.25, -0.2) is 0 Å². The molecule has 6 rings (SSSR count). The van der Waals surface area contributed by atoms with Crippen molar-refractivity contribution in [2.75, 3.05) is 14.1 Å². The van der Waals surface area contributed by atoms with Crippen LogP contribution in [0, 0.1) is 17.3 Å². The van der Waals surface area contributed by atoms with Crippen LogP contribution in [0.25, 0.3) is 0 Å². The van der Waals surface area contributed by atoms with Gasteiger partial charge in [0.1, 0.15) is 13.1 Å². The molecule has 0 radical (unpaired) electrons. The predicted octanol–water partition coefficient (Wildman–Crippen LogP) is 0.106. The summed E-state index contributed by atoms with van der Waals surface area (Å²) >= 11 is 0. The molecule has 6 nitrogen and oxygen atoms in total. The number of hydrogen-bond donors (Lipinski definition) is 2. The van der Waals surface area contributed by atoms with E-state index in [1.807, 2.05) is 0 Å². The molecule has 8 heteroatoms. The van der Waals surface area contributed by atoms with Gasteiger partial charge < -0.3 is 53.1 Å². The molecule has 2 aromatic carbocycles. The number of rotatable bonds is 10. The average molecular weight is 721 g/mol. The van der Waals surface area contributed by atoms with Gasteiger partial charge in [0.25, 0.3) is 0 Å². The Morgan fingerprint density at radius 1 is 0.674 bits per heavy atom. The summed E-state index contributed by atoms with van der Waals surface area (Å²) in [6.07, 6.45) is 8.35. The molecule has 0 amide bonds. The number of hydrogen-bond acceptors (Lipinski definition) is 2. The second kappa shape index (κ2) is 13.3. The van der Waals surface area contributed by atoms with Crippen LogP contribution in [0.15, 0.2) is 60.7 Å². The molecule has 4 saturated heterocycles. The van der Waals surface area contributed by atoms with Gasteiger partial charge in [-0.3, -0.25) is 9.59 Å². The van der Waals surface area contributed by atoms with Gasteiger partial charge in [0.2, 0.25) is 0 Å². The van der Waals surface area contributed by atoms with E-state index in [0.717, 1.165) is 73.4 Å². The first-order valence-electron chi connectivity index (χ1n) is 15.9. The number of halogens is 2. The summed E-state index contributed by atoms with van der Waals surface area (Å²) in [5, 5.41) is 20.9. The molecule has 0 saturated carbocycles. The lowest BCUT2D eigenvalue weighted by molar-refractivity contribution is -0.963. The third-order valence-electron chi connectivity index (χ3n) is 12.6. The highest BCUT2D eigenvalue weighted by atomic mass is 79.9. The summed E-state index contributed by atoms with van der Waals surface area (Å²) in [6, 6.07) is 23.2. The largest absolute Gasteiger partial charge is 1.00 e. The lowest BCUT2D eigenvalue weighted by atomic mass is 9.56. The van der Waals surface area contributed by atoms with Crippen molar-refractivity contribution >= 4 is 11.9 Å². The maximum atomic E-state index is 13.6. The molecule has 0 aromatic heterocycles. The molecule has 0 aliphatic carbocycles. The van der Waals surface area contributed by atoms with Gasteiger partial charge in [0.15, 0.2) is 0 Å². The van der Waals surface area contributed by atoms with E-state index < -0.39 is 17.4 Å². The Kier molecular flexibility index (Phi) is 10.6. The summed E-state index contributed by atoms with van der Waals surface area (Å²) in [7, 11) is 4.77. The number of carboxylic acids is 2. The minimum Gasteiger partial charge on any atom is -1.00 e. The van der Waals surface area contributed by atoms with Crippen LogP contribution in [0.4, 0.5) is 0 Å². The maximum absolute atomic E-state index is 13.6. The SMILES string of the molecule is C[N+]1(Cc2ccccc2)C2CCC1CC(C(CCC(=O)O)(C(=O)O)C1CC3CCC(C1)[N+]3(C)Cc1ccccc1)C2.[Br-].[Br-]. The Morgan fingerprint density at radius 3 is 1.33 bits per heavy atom. The van der Waals surface area contributed by atoms with Gasteiger partial charge in [-0.2, -0.15) is 0 Å². The molecule has 4 heterocycles. The van der Waals surface area contributed by atoms with E-state index in [1.165, 1.54) is 11.1 Å². The van der Waals surface area contributed by atoms with Crippen LogP contribution in [-0.4, -0.2) is 69.4 Å². The highest BCUT2D eigenvalue weighted by molar-refractivity contribution is 5.77. The van der Waals surface area contributed by atoms with Crippen LogP contribution in [0.1, 0.15) is 75.3 Å². The summed E-state index contributed by atoms with van der Waals surface area (Å²) in [6.45, 7) is 1.97. The number of quaternary nitrogens is 2. The zero-order valence-corrected chi connectivity index (χ0v) is 28.8. The van der Waals surface area contributed by atoms with E-state index in [9.17, 15) is 19.8 Å². The van der Waals surface area contributed by atoms with Gasteiger partial charge in [-0.05, 0) is 18.3 Å². The van der Waals surface area contributed by atoms with Crippen LogP contribution in [0.5, 0.6) is 0 Å². The molecule has 0 spiro atoms. The zero-order chi connectivity index (χ0) is 28.8. The van der Waals surface area contributed by atoms with E-state index in [1.54, 1.807) is 0 Å². The Morgan fingerprint density at radius 2 is 1.02 bits per heavy atom. The quantitative estimate of drug-likeness (QED) is 0.342. The molecule has 2 aromatic rings. The molecule has 4 bridgehead atoms. The molecule has 4 aliphatic heterocycles. The summed E-state index contributed by atoms with van der Waals surface area (Å²) < 4.78 is 1.99. The first-order chi connectivity index (χ1) is 19.6. The molecular formula is C35H48Br2N2O4. The van der Waals surface area contributed by atoms with E-state index in [0.29, 0.717) is 24.2 Å². The zero-order valence-electron chi connectivity index (χ0n) is 25.6. The molecule has 43 heavy (non-hydrogen) atoms. The molecule has 4 fully saturated rings. The first kappa shape index (κ1) is 34.1. The van der Waals surface area contributed by atoms with Crippen LogP contribution in [0.2, 0.25) is 0 Å². The number of carboxylic acid groups (broad SMARTS) is 2. The number of piperidine rings is 2. The smallest absolute Gasteiger partial charge is 0.310 e. The Balaban J connectivity index is 0.00000212. The van der Waals surface area contributed by atoms with Crippen molar-refractivity contribution in [1.82, 2.24) is 0 Å². The first-order valence-corrected chi connectivity index (χ1v) is 15.9. The third kappa shape index (κ3) is 6.10. The highest BCUT2D eigenvalue weighted by Gasteiger charge is 2.63. The van der Waals surface area contributed by atoms with E-state index in [-0.39, 0.29) is 58.6 Å². The predicted molar refractivity (Wildman–Crippen MR) is 159 cm³/mol. The van der Waals surface area contributed by atoms with Gasteiger partial charge in [0.05, 0.1) is 43.7 Å². The number of benzene rings is 2. The summed E-state index contributed by atoms with van der Waals surface area (Å²) in [5.41, 5.74) is 1.73. The number of fused-ring (bicyclic) bond motifs is 4. The van der Waals surface area contributed by atoms with Crippen molar-refractivity contribution in [1.29, 1.82) is 0 Å². The average Bonchev–Trinajstić information content (AvgIpc) is 3.20. The molecule has 4 unspecified atom stereocenters. The number of aliphatic carboxylic acids is 2. The van der Waals surface area contributed by atoms with Crippen LogP contribution in [0.3, 0.4) is 0 Å².